The van der Waals surface area contributed by atoms with E-state index in [0.717, 1.165) is 55.4 Å². The van der Waals surface area contributed by atoms with E-state index < -0.39 is 173 Å². The SMILES string of the molecule is CC(=O)c1cccc(-c2cn(-c3ccc([C@@H](O)[C@H]4OC(CO)[C@@H](O)[C@H](O)C4O)c(C)c3)nn2)c1.CC(=O)c1cncc(-c2ccc([C@@H](O)[C@H]3OC(CO)[C@@H](O)[C@H](O)C3O)c(C)c2)c1.CCC(=O)c1cncc(-c2ccc([C@@H](O)[C@H]3OC(CO)[C@@H](O)[C@H](O)C3O)c(C)c2)c1.Cc1cc(-c2ccc3[nH]cc(C)c3c2)ccc1[C@@H](O)[C@H]1OC(CO)[C@@H](O)[C@H](O)C1O. The van der Waals surface area contributed by atoms with Crippen molar-refractivity contribution in [3.63, 3.8) is 0 Å². The molecule has 4 aromatic heterocycles. The molecule has 4 saturated heterocycles. The zero-order valence-electron chi connectivity index (χ0n) is 68.5. The number of nitrogens with one attached hydrogen (secondary N) is 1. The summed E-state index contributed by atoms with van der Waals surface area (Å²) < 4.78 is 23.5. The van der Waals surface area contributed by atoms with Crippen LogP contribution in [0.4, 0.5) is 0 Å². The number of aromatic nitrogens is 6. The van der Waals surface area contributed by atoms with E-state index in [1.165, 1.54) is 31.8 Å². The van der Waals surface area contributed by atoms with Crippen molar-refractivity contribution in [2.45, 2.75) is 208 Å². The highest BCUT2D eigenvalue weighted by molar-refractivity contribution is 5.97. The van der Waals surface area contributed by atoms with Crippen LogP contribution in [0.3, 0.4) is 0 Å². The Morgan fingerprint density at radius 2 is 0.748 bits per heavy atom. The van der Waals surface area contributed by atoms with Gasteiger partial charge in [0.1, 0.15) is 152 Å². The fourth-order valence-corrected chi connectivity index (χ4v) is 15.6. The maximum absolute atomic E-state index is 11.9. The standard InChI is InChI=1S/C24H27N3O7.C23H27NO6.C22H27NO7.C21H25NO7/c1-12-8-16(27-10-18(25-26-27)15-5-3-4-14(9-15)13(2)29)6-7-17(12)20(30)24-23(33)22(32)21(31)19(11-28)34-24;1-11-7-13(14-4-6-17-16(8-14)12(2)9-24-17)3-5-15(11)19(26)23-22(29)21(28)20(27)18(10-25)30-23;1-3-16(25)14-7-13(8-23-9-14)12-4-5-15(11(2)6-12)18(26)22-21(29)20(28)19(27)17(10-24)30-22;1-10-5-12(14-6-13(11(2)24)7-22-8-14)3-4-15(10)17(25)21-20(28)19(27)18(26)16(9-23)29-21/h3-10,19-24,28,30-33H,11H2,1-2H3;3-9,18-29H,10H2,1-2H3;4-9,17-22,24,26-29H,3,10H2,1-2H3;3-8,16-21,23,25-28H,9H2,1-2H3/t19?,20-,21-,22+,23?,24-;18?,19-,20-,21+,22?,23-;17?,18-,19-,20+,21?,22-;16?,17-,18-,19+,20?,21-/m1111/s1. The van der Waals surface area contributed by atoms with Crippen molar-refractivity contribution < 1.29 is 135 Å². The Labute approximate surface area is 706 Å². The molecule has 0 bridgehead atoms. The summed E-state index contributed by atoms with van der Waals surface area (Å²) in [4.78, 5) is 46.6. The number of hydrogen-bond acceptors (Lipinski definition) is 31. The molecule has 6 aromatic carbocycles. The van der Waals surface area contributed by atoms with Gasteiger partial charge in [0, 0.05) is 81.7 Å². The molecule has 4 aliphatic heterocycles. The van der Waals surface area contributed by atoms with Crippen molar-refractivity contribution in [2.75, 3.05) is 26.4 Å². The summed E-state index contributed by atoms with van der Waals surface area (Å²) in [6.07, 6.45) is -22.2. The Kier molecular flexibility index (Phi) is 31.3. The Hall–Kier alpha value is -9.65. The molecule has 4 aliphatic rings. The van der Waals surface area contributed by atoms with Gasteiger partial charge in [-0.2, -0.15) is 0 Å². The highest BCUT2D eigenvalue weighted by Gasteiger charge is 2.51. The van der Waals surface area contributed by atoms with Crippen molar-refractivity contribution in [1.29, 1.82) is 0 Å². The van der Waals surface area contributed by atoms with Gasteiger partial charge in [-0.3, -0.25) is 24.4 Å². The summed E-state index contributed by atoms with van der Waals surface area (Å²) in [6.45, 7) is 11.7. The number of fused-ring (bicyclic) bond motifs is 1. The van der Waals surface area contributed by atoms with Gasteiger partial charge in [-0.25, -0.2) is 4.68 Å². The van der Waals surface area contributed by atoms with E-state index in [0.29, 0.717) is 73.4 Å². The number of H-pyrrole nitrogens is 1. The van der Waals surface area contributed by atoms with E-state index in [4.69, 9.17) is 18.9 Å². The highest BCUT2D eigenvalue weighted by Crippen LogP contribution is 2.40. The molecule has 33 nitrogen and oxygen atoms in total. The molecule has 24 atom stereocenters. The number of aromatic amines is 1. The third-order valence-electron chi connectivity index (χ3n) is 23.0. The molecule has 14 rings (SSSR count). The monoisotopic (exact) mass is 1700 g/mol. The van der Waals surface area contributed by atoms with E-state index in [2.05, 4.69) is 31.3 Å². The van der Waals surface area contributed by atoms with Gasteiger partial charge in [0.2, 0.25) is 0 Å². The van der Waals surface area contributed by atoms with Crippen molar-refractivity contribution in [3.05, 3.63) is 231 Å². The smallest absolute Gasteiger partial charge is 0.164 e. The Morgan fingerprint density at radius 3 is 1.13 bits per heavy atom. The normalized spacial score (nSPS) is 27.3. The second kappa shape index (κ2) is 41.0. The molecule has 8 heterocycles. The van der Waals surface area contributed by atoms with Gasteiger partial charge in [-0.05, 0) is 163 Å². The molecular formula is C90H106N6O27. The van der Waals surface area contributed by atoms with Gasteiger partial charge in [-0.1, -0.05) is 97.1 Å². The van der Waals surface area contributed by atoms with Crippen LogP contribution in [0.2, 0.25) is 0 Å². The van der Waals surface area contributed by atoms with Gasteiger partial charge < -0.3 is 126 Å². The first-order chi connectivity index (χ1) is 58.5. The van der Waals surface area contributed by atoms with Crippen LogP contribution >= 0.6 is 0 Å². The minimum atomic E-state index is -1.57. The highest BCUT2D eigenvalue weighted by atomic mass is 16.6. The van der Waals surface area contributed by atoms with E-state index in [1.807, 2.05) is 62.5 Å². The van der Waals surface area contributed by atoms with Gasteiger partial charge in [0.15, 0.2) is 17.3 Å². The quantitative estimate of drug-likeness (QED) is 0.0459. The van der Waals surface area contributed by atoms with Crippen LogP contribution in [0.25, 0.3) is 61.2 Å². The zero-order valence-corrected chi connectivity index (χ0v) is 68.5. The average Bonchev–Trinajstić information content (AvgIpc) is 1.37. The lowest BCUT2D eigenvalue weighted by Gasteiger charge is -2.42. The first kappa shape index (κ1) is 94.0. The number of carbonyl (C=O) groups excluding carboxylic acids is 3. The van der Waals surface area contributed by atoms with E-state index >= 15 is 0 Å². The molecule has 21 N–H and O–H groups in total. The maximum atomic E-state index is 11.9. The predicted octanol–water partition coefficient (Wildman–Crippen LogP) is 2.31. The molecule has 0 radical (unpaired) electrons. The number of nitrogens with zero attached hydrogens (tertiary/aromatic N) is 5. The molecule has 10 aromatic rings. The lowest BCUT2D eigenvalue weighted by atomic mass is 9.88. The number of aliphatic hydroxyl groups excluding tert-OH is 20. The van der Waals surface area contributed by atoms with Crippen LogP contribution in [0.5, 0.6) is 0 Å². The van der Waals surface area contributed by atoms with E-state index in [1.54, 1.807) is 130 Å². The number of carbonyl (C=O) groups is 3. The van der Waals surface area contributed by atoms with Gasteiger partial charge in [0.25, 0.3) is 0 Å². The molecule has 0 saturated carbocycles. The van der Waals surface area contributed by atoms with E-state index in [-0.39, 0.29) is 17.3 Å². The minimum absolute atomic E-state index is 0.00395. The topological polar surface area (TPSA) is 565 Å². The number of aliphatic hydroxyl groups is 20. The molecule has 8 unspecified atom stereocenters. The summed E-state index contributed by atoms with van der Waals surface area (Å²) in [5, 5.41) is 211. The lowest BCUT2D eigenvalue weighted by Crippen LogP contribution is -2.59. The van der Waals surface area contributed by atoms with Crippen molar-refractivity contribution >= 4 is 28.3 Å². The lowest BCUT2D eigenvalue weighted by molar-refractivity contribution is -0.250. The summed E-state index contributed by atoms with van der Waals surface area (Å²) in [7, 11) is 0. The summed E-state index contributed by atoms with van der Waals surface area (Å²) in [5.74, 6) is -0.139. The van der Waals surface area contributed by atoms with Gasteiger partial charge in [0.05, 0.1) is 38.3 Å². The van der Waals surface area contributed by atoms with Crippen molar-refractivity contribution in [2.24, 2.45) is 0 Å². The Balaban J connectivity index is 0.000000160. The first-order valence-corrected chi connectivity index (χ1v) is 40.0. The van der Waals surface area contributed by atoms with Gasteiger partial charge in [-0.15, -0.1) is 5.10 Å². The fraction of sp³-hybridized carbons (Fsp3) is 0.411. The van der Waals surface area contributed by atoms with Crippen molar-refractivity contribution in [3.8, 4) is 50.3 Å². The number of ketones is 3. The maximum Gasteiger partial charge on any atom is 0.164 e. The number of pyridine rings is 2. The van der Waals surface area contributed by atoms with Crippen LogP contribution in [0.1, 0.15) is 133 Å². The molecule has 4 fully saturated rings. The summed E-state index contributed by atoms with van der Waals surface area (Å²) >= 11 is 0. The van der Waals surface area contributed by atoms with Crippen LogP contribution in [0, 0.1) is 34.6 Å². The van der Waals surface area contributed by atoms with Crippen LogP contribution in [0.15, 0.2) is 165 Å². The number of aryl methyl sites for hydroxylation is 5. The third kappa shape index (κ3) is 20.7. The number of ether oxygens (including phenoxy) is 4. The first-order valence-electron chi connectivity index (χ1n) is 40.0. The molecule has 33 heteroatoms. The predicted molar refractivity (Wildman–Crippen MR) is 443 cm³/mol. The largest absolute Gasteiger partial charge is 0.394 e. The second-order valence-electron chi connectivity index (χ2n) is 31.4. The Bertz CT molecular complexity index is 5290. The molecule has 123 heavy (non-hydrogen) atoms. The molecule has 0 amide bonds. The number of benzene rings is 6. The van der Waals surface area contributed by atoms with E-state index in [9.17, 15) is 117 Å². The molecular weight excluding hydrogens is 1600 g/mol. The fourth-order valence-electron chi connectivity index (χ4n) is 15.6. The zero-order chi connectivity index (χ0) is 89.4. The molecule has 658 valence electrons. The second-order valence-corrected chi connectivity index (χ2v) is 31.4. The summed E-state index contributed by atoms with van der Waals surface area (Å²) in [5.41, 5.74) is 15.8. The minimum Gasteiger partial charge on any atom is -0.394 e. The van der Waals surface area contributed by atoms with Crippen molar-refractivity contribution in [1.82, 2.24) is 29.9 Å². The van der Waals surface area contributed by atoms with Crippen LogP contribution < -0.4 is 0 Å². The average molecular weight is 1700 g/mol. The number of Topliss-reactive ketones (excluding diaryl/α,β-unsaturated/α-hetero) is 3. The number of hydrogen-bond donors (Lipinski definition) is 21. The summed E-state index contributed by atoms with van der Waals surface area (Å²) in [6, 6.07) is 38.0. The Morgan fingerprint density at radius 1 is 0.390 bits per heavy atom. The molecule has 0 spiro atoms. The van der Waals surface area contributed by atoms with Crippen LogP contribution in [-0.2, 0) is 18.9 Å². The van der Waals surface area contributed by atoms with Crippen LogP contribution in [-0.4, -0.2) is 298 Å². The number of rotatable bonds is 21. The molecule has 0 aliphatic carbocycles. The van der Waals surface area contributed by atoms with Gasteiger partial charge >= 0.3 is 0 Å². The third-order valence-corrected chi connectivity index (χ3v) is 23.0.